The van der Waals surface area contributed by atoms with Crippen molar-refractivity contribution >= 4 is 21.8 Å². The van der Waals surface area contributed by atoms with Crippen molar-refractivity contribution in [3.8, 4) is 5.75 Å². The molecule has 1 rings (SSSR count). The minimum atomic E-state index is -0.0932. The fraction of sp³-hybridized carbons (Fsp3) is 0.533. The van der Waals surface area contributed by atoms with Crippen LogP contribution >= 0.6 is 15.9 Å². The zero-order valence-electron chi connectivity index (χ0n) is 12.3. The first kappa shape index (κ1) is 17.0. The normalized spacial score (nSPS) is 10.7. The fourth-order valence-corrected chi connectivity index (χ4v) is 2.09. The third-order valence-electron chi connectivity index (χ3n) is 2.64. The molecular weight excluding hydrogens is 320 g/mol. The van der Waals surface area contributed by atoms with Crippen LogP contribution in [0.4, 0.5) is 0 Å². The van der Waals surface area contributed by atoms with E-state index in [-0.39, 0.29) is 12.5 Å². The molecule has 0 saturated carbocycles. The van der Waals surface area contributed by atoms with E-state index in [1.165, 1.54) is 5.56 Å². The van der Waals surface area contributed by atoms with E-state index in [2.05, 4.69) is 40.4 Å². The average Bonchev–Trinajstić information content (AvgIpc) is 2.41. The van der Waals surface area contributed by atoms with Gasteiger partial charge in [-0.05, 0) is 40.0 Å². The Labute approximate surface area is 129 Å². The number of carbonyl (C=O) groups is 1. The predicted molar refractivity (Wildman–Crippen MR) is 84.9 cm³/mol. The summed E-state index contributed by atoms with van der Waals surface area (Å²) in [5.41, 5.74) is 1.17. The second-order valence-corrected chi connectivity index (χ2v) is 5.79. The van der Waals surface area contributed by atoms with E-state index in [0.717, 1.165) is 17.4 Å². The van der Waals surface area contributed by atoms with Gasteiger partial charge in [-0.2, -0.15) is 0 Å². The molecule has 112 valence electrons. The Morgan fingerprint density at radius 1 is 1.40 bits per heavy atom. The van der Waals surface area contributed by atoms with Crippen molar-refractivity contribution in [1.29, 1.82) is 0 Å². The lowest BCUT2D eigenvalue weighted by molar-refractivity contribution is -0.123. The number of halogens is 1. The Morgan fingerprint density at radius 2 is 2.15 bits per heavy atom. The standard InChI is InChI=1S/C15H23BrN2O2/c1-4-7-17-15(19)10-20-14-6-5-12(8-13(14)16)9-18-11(2)3/h5-6,8,11,18H,4,7,9-10H2,1-3H3,(H,17,19). The largest absolute Gasteiger partial charge is 0.483 e. The highest BCUT2D eigenvalue weighted by atomic mass is 79.9. The van der Waals surface area contributed by atoms with Crippen LogP contribution in [0.1, 0.15) is 32.8 Å². The van der Waals surface area contributed by atoms with E-state index >= 15 is 0 Å². The minimum absolute atomic E-state index is 0.0438. The monoisotopic (exact) mass is 342 g/mol. The van der Waals surface area contributed by atoms with Gasteiger partial charge in [0.15, 0.2) is 6.61 Å². The van der Waals surface area contributed by atoms with Gasteiger partial charge in [-0.3, -0.25) is 4.79 Å². The Hall–Kier alpha value is -1.07. The molecule has 0 bridgehead atoms. The SMILES string of the molecule is CCCNC(=O)COc1ccc(CNC(C)C)cc1Br. The fourth-order valence-electron chi connectivity index (χ4n) is 1.55. The first-order chi connectivity index (χ1) is 9.52. The molecule has 4 nitrogen and oxygen atoms in total. The molecule has 0 fully saturated rings. The summed E-state index contributed by atoms with van der Waals surface area (Å²) in [6.45, 7) is 7.78. The number of hydrogen-bond acceptors (Lipinski definition) is 3. The van der Waals surface area contributed by atoms with Crippen LogP contribution in [0.25, 0.3) is 0 Å². The number of amides is 1. The zero-order chi connectivity index (χ0) is 15.0. The topological polar surface area (TPSA) is 50.4 Å². The molecule has 1 aromatic rings. The van der Waals surface area contributed by atoms with Gasteiger partial charge in [0.05, 0.1) is 4.47 Å². The summed E-state index contributed by atoms with van der Waals surface area (Å²) in [6, 6.07) is 6.34. The molecule has 0 heterocycles. The molecule has 1 aromatic carbocycles. The number of benzene rings is 1. The minimum Gasteiger partial charge on any atom is -0.483 e. The van der Waals surface area contributed by atoms with Crippen LogP contribution in [-0.4, -0.2) is 25.1 Å². The molecule has 0 spiro atoms. The van der Waals surface area contributed by atoms with Gasteiger partial charge in [-0.15, -0.1) is 0 Å². The lowest BCUT2D eigenvalue weighted by atomic mass is 10.2. The third-order valence-corrected chi connectivity index (χ3v) is 3.26. The molecule has 0 unspecified atom stereocenters. The second kappa shape index (κ2) is 8.97. The number of nitrogens with one attached hydrogen (secondary N) is 2. The van der Waals surface area contributed by atoms with Gasteiger partial charge < -0.3 is 15.4 Å². The van der Waals surface area contributed by atoms with Crippen LogP contribution in [0.5, 0.6) is 5.75 Å². The highest BCUT2D eigenvalue weighted by Crippen LogP contribution is 2.26. The highest BCUT2D eigenvalue weighted by molar-refractivity contribution is 9.10. The second-order valence-electron chi connectivity index (χ2n) is 4.94. The van der Waals surface area contributed by atoms with E-state index < -0.39 is 0 Å². The molecule has 1 amide bonds. The van der Waals surface area contributed by atoms with E-state index in [1.807, 2.05) is 25.1 Å². The average molecular weight is 343 g/mol. The molecular formula is C15H23BrN2O2. The van der Waals surface area contributed by atoms with Gasteiger partial charge >= 0.3 is 0 Å². The maximum Gasteiger partial charge on any atom is 0.257 e. The quantitative estimate of drug-likeness (QED) is 0.763. The number of ether oxygens (including phenoxy) is 1. The van der Waals surface area contributed by atoms with Crippen molar-refractivity contribution in [1.82, 2.24) is 10.6 Å². The van der Waals surface area contributed by atoms with Crippen molar-refractivity contribution in [2.24, 2.45) is 0 Å². The summed E-state index contributed by atoms with van der Waals surface area (Å²) < 4.78 is 6.36. The van der Waals surface area contributed by atoms with Gasteiger partial charge in [0.2, 0.25) is 0 Å². The molecule has 0 radical (unpaired) electrons. The van der Waals surface area contributed by atoms with Crippen LogP contribution < -0.4 is 15.4 Å². The number of rotatable bonds is 8. The lowest BCUT2D eigenvalue weighted by Crippen LogP contribution is -2.29. The van der Waals surface area contributed by atoms with Crippen LogP contribution in [0, 0.1) is 0 Å². The van der Waals surface area contributed by atoms with Gasteiger partial charge in [-0.25, -0.2) is 0 Å². The van der Waals surface area contributed by atoms with E-state index in [1.54, 1.807) is 0 Å². The van der Waals surface area contributed by atoms with Crippen LogP contribution in [0.2, 0.25) is 0 Å². The van der Waals surface area contributed by atoms with Crippen molar-refractivity contribution in [2.45, 2.75) is 39.8 Å². The number of hydrogen-bond donors (Lipinski definition) is 2. The van der Waals surface area contributed by atoms with E-state index in [0.29, 0.717) is 18.3 Å². The van der Waals surface area contributed by atoms with Crippen LogP contribution in [-0.2, 0) is 11.3 Å². The van der Waals surface area contributed by atoms with Crippen molar-refractivity contribution in [3.63, 3.8) is 0 Å². The summed E-state index contributed by atoms with van der Waals surface area (Å²) >= 11 is 3.47. The predicted octanol–water partition coefficient (Wildman–Crippen LogP) is 2.85. The summed E-state index contributed by atoms with van der Waals surface area (Å²) in [5.74, 6) is 0.592. The molecule has 0 aliphatic heterocycles. The summed E-state index contributed by atoms with van der Waals surface area (Å²) in [4.78, 5) is 11.5. The van der Waals surface area contributed by atoms with Crippen LogP contribution in [0.3, 0.4) is 0 Å². The van der Waals surface area contributed by atoms with Gasteiger partial charge in [-0.1, -0.05) is 26.8 Å². The van der Waals surface area contributed by atoms with Gasteiger partial charge in [0.25, 0.3) is 5.91 Å². The Bertz CT molecular complexity index is 436. The highest BCUT2D eigenvalue weighted by Gasteiger charge is 2.06. The number of carbonyl (C=O) groups excluding carboxylic acids is 1. The first-order valence-corrected chi connectivity index (χ1v) is 7.73. The summed E-state index contributed by atoms with van der Waals surface area (Å²) in [6.07, 6.45) is 0.924. The van der Waals surface area contributed by atoms with Crippen molar-refractivity contribution < 1.29 is 9.53 Å². The summed E-state index contributed by atoms with van der Waals surface area (Å²) in [5, 5.41) is 6.13. The molecule has 0 aliphatic rings. The lowest BCUT2D eigenvalue weighted by Gasteiger charge is -2.11. The van der Waals surface area contributed by atoms with Gasteiger partial charge in [0.1, 0.15) is 5.75 Å². The van der Waals surface area contributed by atoms with Crippen LogP contribution in [0.15, 0.2) is 22.7 Å². The molecule has 0 aliphatic carbocycles. The Morgan fingerprint density at radius 3 is 2.75 bits per heavy atom. The maximum absolute atomic E-state index is 11.5. The molecule has 0 saturated heterocycles. The molecule has 0 atom stereocenters. The summed E-state index contributed by atoms with van der Waals surface area (Å²) in [7, 11) is 0. The Balaban J connectivity index is 2.49. The van der Waals surface area contributed by atoms with E-state index in [9.17, 15) is 4.79 Å². The third kappa shape index (κ3) is 6.39. The first-order valence-electron chi connectivity index (χ1n) is 6.94. The van der Waals surface area contributed by atoms with Crippen molar-refractivity contribution in [2.75, 3.05) is 13.2 Å². The van der Waals surface area contributed by atoms with E-state index in [4.69, 9.17) is 4.74 Å². The van der Waals surface area contributed by atoms with Crippen molar-refractivity contribution in [3.05, 3.63) is 28.2 Å². The molecule has 20 heavy (non-hydrogen) atoms. The smallest absolute Gasteiger partial charge is 0.257 e. The van der Waals surface area contributed by atoms with Gasteiger partial charge in [0, 0.05) is 19.1 Å². The zero-order valence-corrected chi connectivity index (χ0v) is 13.9. The maximum atomic E-state index is 11.5. The molecule has 5 heteroatoms. The molecule has 0 aromatic heterocycles. The molecule has 2 N–H and O–H groups in total. The Kier molecular flexibility index (Phi) is 7.62.